The van der Waals surface area contributed by atoms with Crippen LogP contribution in [0.2, 0.25) is 0 Å². The topological polar surface area (TPSA) is 3.24 Å². The summed E-state index contributed by atoms with van der Waals surface area (Å²) < 4.78 is 0. The number of rotatable bonds is 0. The Morgan fingerprint density at radius 1 is 1.09 bits per heavy atom. The number of piperidine rings is 2. The van der Waals surface area contributed by atoms with E-state index >= 15 is 0 Å². The van der Waals surface area contributed by atoms with Crippen molar-refractivity contribution in [2.45, 2.75) is 45.1 Å². The molecule has 64 valence electrons. The van der Waals surface area contributed by atoms with Gasteiger partial charge in [0.25, 0.3) is 0 Å². The number of hydrogen-bond acceptors (Lipinski definition) is 1. The highest BCUT2D eigenvalue weighted by molar-refractivity contribution is 4.82. The molecule has 11 heavy (non-hydrogen) atoms. The van der Waals surface area contributed by atoms with Crippen LogP contribution >= 0.6 is 0 Å². The third kappa shape index (κ3) is 1.58. The second kappa shape index (κ2) is 3.14. The summed E-state index contributed by atoms with van der Waals surface area (Å²) in [5.41, 5.74) is 0. The molecule has 1 nitrogen and oxygen atoms in total. The third-order valence-electron chi connectivity index (χ3n) is 3.29. The highest BCUT2D eigenvalue weighted by Gasteiger charge is 2.27. The van der Waals surface area contributed by atoms with Crippen molar-refractivity contribution in [2.24, 2.45) is 5.92 Å². The molecule has 2 fully saturated rings. The van der Waals surface area contributed by atoms with Crippen LogP contribution in [-0.4, -0.2) is 24.0 Å². The van der Waals surface area contributed by atoms with E-state index in [1.807, 2.05) is 0 Å². The van der Waals surface area contributed by atoms with Gasteiger partial charge in [0, 0.05) is 12.6 Å². The molecule has 0 aromatic heterocycles. The van der Waals surface area contributed by atoms with Gasteiger partial charge in [-0.25, -0.2) is 0 Å². The fraction of sp³-hybridized carbons (Fsp3) is 1.00. The van der Waals surface area contributed by atoms with E-state index < -0.39 is 0 Å². The minimum atomic E-state index is 0.962. The fourth-order valence-electron chi connectivity index (χ4n) is 2.60. The maximum absolute atomic E-state index is 2.72. The first kappa shape index (κ1) is 7.60. The first-order valence-electron chi connectivity index (χ1n) is 5.10. The largest absolute Gasteiger partial charge is 0.300 e. The van der Waals surface area contributed by atoms with Crippen LogP contribution in [0.1, 0.15) is 39.0 Å². The summed E-state index contributed by atoms with van der Waals surface area (Å²) in [6, 6.07) is 0.972. The highest BCUT2D eigenvalue weighted by Crippen LogP contribution is 2.28. The molecule has 0 aromatic carbocycles. The van der Waals surface area contributed by atoms with Gasteiger partial charge in [0.2, 0.25) is 0 Å². The summed E-state index contributed by atoms with van der Waals surface area (Å²) in [6.07, 6.45) is 7.35. The Morgan fingerprint density at radius 2 is 2.00 bits per heavy atom. The number of fused-ring (bicyclic) bond motifs is 1. The maximum atomic E-state index is 2.72. The Balaban J connectivity index is 1.93. The van der Waals surface area contributed by atoms with Crippen LogP contribution in [0, 0.1) is 5.92 Å². The van der Waals surface area contributed by atoms with E-state index in [9.17, 15) is 0 Å². The molecule has 0 radical (unpaired) electrons. The van der Waals surface area contributed by atoms with Gasteiger partial charge in [-0.3, -0.25) is 0 Å². The van der Waals surface area contributed by atoms with Crippen LogP contribution in [0.3, 0.4) is 0 Å². The molecule has 2 aliphatic rings. The van der Waals surface area contributed by atoms with E-state index in [1.54, 1.807) is 0 Å². The van der Waals surface area contributed by atoms with Crippen LogP contribution in [-0.2, 0) is 0 Å². The van der Waals surface area contributed by atoms with E-state index in [4.69, 9.17) is 0 Å². The SMILES string of the molecule is C[C@H]1CCC2CCCCN2C1. The minimum absolute atomic E-state index is 0.962. The second-order valence-corrected chi connectivity index (χ2v) is 4.33. The predicted molar refractivity (Wildman–Crippen MR) is 47.6 cm³/mol. The van der Waals surface area contributed by atoms with Crippen LogP contribution in [0.4, 0.5) is 0 Å². The lowest BCUT2D eigenvalue weighted by molar-refractivity contribution is 0.0808. The quantitative estimate of drug-likeness (QED) is 0.516. The zero-order chi connectivity index (χ0) is 7.68. The first-order chi connectivity index (χ1) is 5.36. The zero-order valence-corrected chi connectivity index (χ0v) is 7.55. The monoisotopic (exact) mass is 153 g/mol. The molecule has 0 aliphatic carbocycles. The molecular weight excluding hydrogens is 134 g/mol. The summed E-state index contributed by atoms with van der Waals surface area (Å²) >= 11 is 0. The van der Waals surface area contributed by atoms with Crippen molar-refractivity contribution in [2.75, 3.05) is 13.1 Å². The molecule has 0 spiro atoms. The maximum Gasteiger partial charge on any atom is 0.00954 e. The summed E-state index contributed by atoms with van der Waals surface area (Å²) in [7, 11) is 0. The Labute approximate surface area is 69.8 Å². The van der Waals surface area contributed by atoms with Crippen molar-refractivity contribution in [3.63, 3.8) is 0 Å². The fourth-order valence-corrected chi connectivity index (χ4v) is 2.60. The van der Waals surface area contributed by atoms with E-state index in [2.05, 4.69) is 11.8 Å². The standard InChI is InChI=1S/C10H19N/c1-9-5-6-10-4-2-3-7-11(10)8-9/h9-10H,2-8H2,1H3/t9-,10?/m0/s1. The van der Waals surface area contributed by atoms with Crippen LogP contribution < -0.4 is 0 Å². The Hall–Kier alpha value is -0.0400. The molecule has 2 aliphatic heterocycles. The van der Waals surface area contributed by atoms with Gasteiger partial charge in [0.1, 0.15) is 0 Å². The third-order valence-corrected chi connectivity index (χ3v) is 3.29. The molecule has 0 N–H and O–H groups in total. The molecule has 2 rings (SSSR count). The predicted octanol–water partition coefficient (Wildman–Crippen LogP) is 2.27. The molecule has 1 heteroatoms. The number of hydrogen-bond donors (Lipinski definition) is 0. The van der Waals surface area contributed by atoms with Gasteiger partial charge in [-0.05, 0) is 38.1 Å². The van der Waals surface area contributed by atoms with E-state index in [0.29, 0.717) is 0 Å². The molecule has 1 unspecified atom stereocenters. The van der Waals surface area contributed by atoms with Gasteiger partial charge < -0.3 is 4.90 Å². The lowest BCUT2D eigenvalue weighted by Gasteiger charge is -2.41. The molecule has 2 saturated heterocycles. The summed E-state index contributed by atoms with van der Waals surface area (Å²) in [5, 5.41) is 0. The second-order valence-electron chi connectivity index (χ2n) is 4.33. The summed E-state index contributed by atoms with van der Waals surface area (Å²) in [4.78, 5) is 2.72. The van der Waals surface area contributed by atoms with Gasteiger partial charge in [-0.1, -0.05) is 13.3 Å². The van der Waals surface area contributed by atoms with Gasteiger partial charge in [-0.2, -0.15) is 0 Å². The molecule has 0 bridgehead atoms. The van der Waals surface area contributed by atoms with Crippen molar-refractivity contribution in [1.29, 1.82) is 0 Å². The summed E-state index contributed by atoms with van der Waals surface area (Å²) in [5.74, 6) is 0.962. The lowest BCUT2D eigenvalue weighted by atomic mass is 9.88. The van der Waals surface area contributed by atoms with E-state index in [0.717, 1.165) is 12.0 Å². The molecule has 2 heterocycles. The molecule has 0 saturated carbocycles. The van der Waals surface area contributed by atoms with Crippen LogP contribution in [0.15, 0.2) is 0 Å². The Morgan fingerprint density at radius 3 is 2.91 bits per heavy atom. The molecular formula is C10H19N. The zero-order valence-electron chi connectivity index (χ0n) is 7.55. The van der Waals surface area contributed by atoms with Gasteiger partial charge in [-0.15, -0.1) is 0 Å². The molecule has 0 amide bonds. The van der Waals surface area contributed by atoms with Crippen LogP contribution in [0.5, 0.6) is 0 Å². The van der Waals surface area contributed by atoms with Crippen molar-refractivity contribution >= 4 is 0 Å². The minimum Gasteiger partial charge on any atom is -0.300 e. The Kier molecular flexibility index (Phi) is 2.17. The normalized spacial score (nSPS) is 40.1. The Bertz CT molecular complexity index is 133. The average Bonchev–Trinajstić information content (AvgIpc) is 2.04. The first-order valence-corrected chi connectivity index (χ1v) is 5.10. The smallest absolute Gasteiger partial charge is 0.00954 e. The highest BCUT2D eigenvalue weighted by atomic mass is 15.2. The van der Waals surface area contributed by atoms with Gasteiger partial charge >= 0.3 is 0 Å². The average molecular weight is 153 g/mol. The van der Waals surface area contributed by atoms with Crippen molar-refractivity contribution in [1.82, 2.24) is 4.90 Å². The molecule has 2 atom stereocenters. The van der Waals surface area contributed by atoms with Crippen LogP contribution in [0.25, 0.3) is 0 Å². The van der Waals surface area contributed by atoms with Crippen molar-refractivity contribution < 1.29 is 0 Å². The van der Waals surface area contributed by atoms with Crippen molar-refractivity contribution in [3.05, 3.63) is 0 Å². The van der Waals surface area contributed by atoms with Gasteiger partial charge in [0.15, 0.2) is 0 Å². The van der Waals surface area contributed by atoms with E-state index in [1.165, 1.54) is 45.2 Å². The summed E-state index contributed by atoms with van der Waals surface area (Å²) in [6.45, 7) is 5.16. The van der Waals surface area contributed by atoms with E-state index in [-0.39, 0.29) is 0 Å². The van der Waals surface area contributed by atoms with Gasteiger partial charge in [0.05, 0.1) is 0 Å². The number of nitrogens with zero attached hydrogens (tertiary/aromatic N) is 1. The lowest BCUT2D eigenvalue weighted by Crippen LogP contribution is -2.45. The molecule has 0 aromatic rings. The van der Waals surface area contributed by atoms with Crippen molar-refractivity contribution in [3.8, 4) is 0 Å².